The molecule has 0 bridgehead atoms. The van der Waals surface area contributed by atoms with E-state index in [2.05, 4.69) is 24.4 Å². The van der Waals surface area contributed by atoms with E-state index >= 15 is 0 Å². The summed E-state index contributed by atoms with van der Waals surface area (Å²) in [6, 6.07) is 6.85. The smallest absolute Gasteiger partial charge is 0.165 e. The Morgan fingerprint density at radius 3 is 3.00 bits per heavy atom. The summed E-state index contributed by atoms with van der Waals surface area (Å²) < 4.78 is 11.4. The van der Waals surface area contributed by atoms with Gasteiger partial charge in [-0.05, 0) is 24.8 Å². The minimum absolute atomic E-state index is 0.657. The Morgan fingerprint density at radius 2 is 2.10 bits per heavy atom. The van der Waals surface area contributed by atoms with Gasteiger partial charge in [-0.25, -0.2) is 0 Å². The Bertz CT molecular complexity index is 447. The third-order valence-electron chi connectivity index (χ3n) is 4.59. The van der Waals surface area contributed by atoms with Crippen molar-refractivity contribution in [1.29, 1.82) is 0 Å². The molecule has 1 aromatic rings. The van der Waals surface area contributed by atoms with Crippen LogP contribution in [0.5, 0.6) is 11.5 Å². The lowest BCUT2D eigenvalue weighted by Gasteiger charge is -2.29. The maximum atomic E-state index is 5.77. The molecule has 1 aliphatic carbocycles. The highest BCUT2D eigenvalue weighted by atomic mass is 16.6. The normalized spacial score (nSPS) is 25.4. The van der Waals surface area contributed by atoms with Crippen LogP contribution in [-0.4, -0.2) is 19.3 Å². The van der Waals surface area contributed by atoms with Crippen LogP contribution in [0.15, 0.2) is 18.2 Å². The van der Waals surface area contributed by atoms with E-state index in [4.69, 9.17) is 9.47 Å². The number of fused-ring (bicyclic) bond motifs is 1. The molecule has 1 saturated carbocycles. The van der Waals surface area contributed by atoms with Crippen LogP contribution in [0.2, 0.25) is 0 Å². The first-order valence-electron chi connectivity index (χ1n) is 7.97. The second-order valence-corrected chi connectivity index (χ2v) is 5.96. The van der Waals surface area contributed by atoms with Crippen LogP contribution in [-0.2, 0) is 6.54 Å². The lowest BCUT2D eigenvalue weighted by atomic mass is 9.84. The number of rotatable bonds is 4. The Morgan fingerprint density at radius 1 is 1.20 bits per heavy atom. The molecule has 2 unspecified atom stereocenters. The van der Waals surface area contributed by atoms with Crippen molar-refractivity contribution in [3.05, 3.63) is 23.8 Å². The molecule has 3 nitrogen and oxygen atoms in total. The molecule has 0 amide bonds. The average molecular weight is 275 g/mol. The zero-order valence-corrected chi connectivity index (χ0v) is 12.4. The van der Waals surface area contributed by atoms with Crippen molar-refractivity contribution in [2.24, 2.45) is 5.92 Å². The SMILES string of the molecule is CCC1CCCC(NCc2cccc3c2OCCO3)C1. The minimum atomic E-state index is 0.657. The van der Waals surface area contributed by atoms with Crippen molar-refractivity contribution in [3.8, 4) is 11.5 Å². The quantitative estimate of drug-likeness (QED) is 0.912. The fraction of sp³-hybridized carbons (Fsp3) is 0.647. The van der Waals surface area contributed by atoms with Crippen molar-refractivity contribution in [2.45, 2.75) is 51.6 Å². The summed E-state index contributed by atoms with van der Waals surface area (Å²) in [5.74, 6) is 2.74. The standard InChI is InChI=1S/C17H25NO2/c1-2-13-5-3-7-15(11-13)18-12-14-6-4-8-16-17(14)20-10-9-19-16/h4,6,8,13,15,18H,2-3,5,7,9-12H2,1H3. The Kier molecular flexibility index (Phi) is 4.46. The molecule has 0 spiro atoms. The summed E-state index contributed by atoms with van der Waals surface area (Å²) in [5.41, 5.74) is 1.22. The predicted octanol–water partition coefficient (Wildman–Crippen LogP) is 3.52. The molecule has 1 aromatic carbocycles. The summed E-state index contributed by atoms with van der Waals surface area (Å²) in [6.45, 7) is 4.51. The van der Waals surface area contributed by atoms with Crippen molar-refractivity contribution < 1.29 is 9.47 Å². The highest BCUT2D eigenvalue weighted by Gasteiger charge is 2.21. The third-order valence-corrected chi connectivity index (χ3v) is 4.59. The molecule has 1 heterocycles. The van der Waals surface area contributed by atoms with Gasteiger partial charge in [0.25, 0.3) is 0 Å². The van der Waals surface area contributed by atoms with E-state index in [9.17, 15) is 0 Å². The number of nitrogens with one attached hydrogen (secondary N) is 1. The van der Waals surface area contributed by atoms with Gasteiger partial charge in [0, 0.05) is 18.2 Å². The van der Waals surface area contributed by atoms with Crippen molar-refractivity contribution in [2.75, 3.05) is 13.2 Å². The molecule has 0 saturated heterocycles. The van der Waals surface area contributed by atoms with Crippen LogP contribution < -0.4 is 14.8 Å². The molecular weight excluding hydrogens is 250 g/mol. The lowest BCUT2D eigenvalue weighted by molar-refractivity contribution is 0.169. The van der Waals surface area contributed by atoms with Gasteiger partial charge in [-0.1, -0.05) is 38.3 Å². The molecule has 1 aliphatic heterocycles. The van der Waals surface area contributed by atoms with Gasteiger partial charge >= 0.3 is 0 Å². The van der Waals surface area contributed by atoms with Gasteiger partial charge < -0.3 is 14.8 Å². The van der Waals surface area contributed by atoms with Crippen LogP contribution in [0.25, 0.3) is 0 Å². The highest BCUT2D eigenvalue weighted by molar-refractivity contribution is 5.47. The summed E-state index contributed by atoms with van der Waals surface area (Å²) in [6.07, 6.45) is 6.72. The molecule has 3 rings (SSSR count). The Balaban J connectivity index is 1.61. The molecular formula is C17H25NO2. The van der Waals surface area contributed by atoms with Crippen LogP contribution in [0.1, 0.15) is 44.6 Å². The first-order chi connectivity index (χ1) is 9.86. The van der Waals surface area contributed by atoms with Crippen molar-refractivity contribution in [1.82, 2.24) is 5.32 Å². The zero-order chi connectivity index (χ0) is 13.8. The zero-order valence-electron chi connectivity index (χ0n) is 12.4. The van der Waals surface area contributed by atoms with E-state index in [0.717, 1.165) is 24.0 Å². The maximum Gasteiger partial charge on any atom is 0.165 e. The highest BCUT2D eigenvalue weighted by Crippen LogP contribution is 2.34. The lowest BCUT2D eigenvalue weighted by Crippen LogP contribution is -2.33. The van der Waals surface area contributed by atoms with Crippen molar-refractivity contribution in [3.63, 3.8) is 0 Å². The molecule has 0 aromatic heterocycles. The summed E-state index contributed by atoms with van der Waals surface area (Å²) in [4.78, 5) is 0. The topological polar surface area (TPSA) is 30.5 Å². The van der Waals surface area contributed by atoms with Crippen LogP contribution in [0.4, 0.5) is 0 Å². The summed E-state index contributed by atoms with van der Waals surface area (Å²) in [7, 11) is 0. The van der Waals surface area contributed by atoms with E-state index < -0.39 is 0 Å². The van der Waals surface area contributed by atoms with Gasteiger partial charge in [-0.3, -0.25) is 0 Å². The monoisotopic (exact) mass is 275 g/mol. The molecule has 0 radical (unpaired) electrons. The molecule has 110 valence electrons. The largest absolute Gasteiger partial charge is 0.486 e. The summed E-state index contributed by atoms with van der Waals surface area (Å²) in [5, 5.41) is 3.72. The van der Waals surface area contributed by atoms with E-state index in [0.29, 0.717) is 19.3 Å². The van der Waals surface area contributed by atoms with Crippen LogP contribution in [0, 0.1) is 5.92 Å². The molecule has 3 heteroatoms. The molecule has 2 atom stereocenters. The van der Waals surface area contributed by atoms with Gasteiger partial charge in [-0.15, -0.1) is 0 Å². The van der Waals surface area contributed by atoms with Gasteiger partial charge in [0.1, 0.15) is 13.2 Å². The molecule has 2 aliphatic rings. The molecule has 20 heavy (non-hydrogen) atoms. The number of benzene rings is 1. The fourth-order valence-electron chi connectivity index (χ4n) is 3.37. The van der Waals surface area contributed by atoms with E-state index in [-0.39, 0.29) is 0 Å². The first-order valence-corrected chi connectivity index (χ1v) is 7.97. The maximum absolute atomic E-state index is 5.77. The second kappa shape index (κ2) is 6.49. The predicted molar refractivity (Wildman–Crippen MR) is 80.3 cm³/mol. The van der Waals surface area contributed by atoms with Gasteiger partial charge in [-0.2, -0.15) is 0 Å². The van der Waals surface area contributed by atoms with Gasteiger partial charge in [0.15, 0.2) is 11.5 Å². The number of ether oxygens (including phenoxy) is 2. The number of hydrogen-bond donors (Lipinski definition) is 1. The van der Waals surface area contributed by atoms with Gasteiger partial charge in [0.2, 0.25) is 0 Å². The van der Waals surface area contributed by atoms with Crippen LogP contribution >= 0.6 is 0 Å². The van der Waals surface area contributed by atoms with E-state index in [1.54, 1.807) is 0 Å². The molecule has 1 fully saturated rings. The Labute approximate surface area is 121 Å². The number of hydrogen-bond acceptors (Lipinski definition) is 3. The minimum Gasteiger partial charge on any atom is -0.486 e. The Hall–Kier alpha value is -1.22. The van der Waals surface area contributed by atoms with E-state index in [1.165, 1.54) is 37.7 Å². The second-order valence-electron chi connectivity index (χ2n) is 5.96. The first kappa shape index (κ1) is 13.7. The fourth-order valence-corrected chi connectivity index (χ4v) is 3.37. The average Bonchev–Trinajstić information content (AvgIpc) is 2.53. The van der Waals surface area contributed by atoms with Crippen molar-refractivity contribution >= 4 is 0 Å². The van der Waals surface area contributed by atoms with E-state index in [1.807, 2.05) is 6.07 Å². The summed E-state index contributed by atoms with van der Waals surface area (Å²) >= 11 is 0. The van der Waals surface area contributed by atoms with Gasteiger partial charge in [0.05, 0.1) is 0 Å². The third kappa shape index (κ3) is 3.09. The van der Waals surface area contributed by atoms with Crippen LogP contribution in [0.3, 0.4) is 0 Å². The molecule has 1 N–H and O–H groups in total. The number of para-hydroxylation sites is 1.